The van der Waals surface area contributed by atoms with Gasteiger partial charge in [-0.15, -0.1) is 0 Å². The molecule has 0 aliphatic heterocycles. The molecule has 34 heavy (non-hydrogen) atoms. The third-order valence-electron chi connectivity index (χ3n) is 5.95. The number of Topliss-reactive ketones (excluding diaryl/α,β-unsaturated/α-hetero) is 1. The van der Waals surface area contributed by atoms with Crippen molar-refractivity contribution in [3.63, 3.8) is 0 Å². The summed E-state index contributed by atoms with van der Waals surface area (Å²) >= 11 is 0. The van der Waals surface area contributed by atoms with Crippen molar-refractivity contribution in [1.82, 2.24) is 15.3 Å². The molecular weight excluding hydrogens is 436 g/mol. The zero-order valence-corrected chi connectivity index (χ0v) is 19.0. The number of nitro groups is 1. The first-order valence-corrected chi connectivity index (χ1v) is 11.1. The molecule has 10 nitrogen and oxygen atoms in total. The van der Waals surface area contributed by atoms with Crippen LogP contribution in [0, 0.1) is 10.1 Å². The molecule has 1 aliphatic carbocycles. The first-order chi connectivity index (χ1) is 16.3. The Morgan fingerprint density at radius 2 is 1.62 bits per heavy atom. The van der Waals surface area contributed by atoms with Crippen molar-refractivity contribution in [3.8, 4) is 0 Å². The van der Waals surface area contributed by atoms with E-state index in [4.69, 9.17) is 0 Å². The summed E-state index contributed by atoms with van der Waals surface area (Å²) in [6.45, 7) is 0. The molecule has 1 amide bonds. The van der Waals surface area contributed by atoms with Crippen molar-refractivity contribution in [2.45, 2.75) is 37.8 Å². The molecule has 0 bridgehead atoms. The van der Waals surface area contributed by atoms with E-state index in [1.807, 2.05) is 43.3 Å². The fraction of sp³-hybridized carbons (Fsp3) is 0.333. The smallest absolute Gasteiger partial charge is 0.292 e. The van der Waals surface area contributed by atoms with Gasteiger partial charge in [0.25, 0.3) is 11.6 Å². The SMILES string of the molecule is CN(C)c1nc(N[C@H]2CC[C@@H](NC(=O)C(=O)c3ccc([N+](=O)[O-])cc3)CC2)nc2ccccc12. The Morgan fingerprint density at radius 3 is 2.26 bits per heavy atom. The number of fused-ring (bicyclic) bond motifs is 1. The van der Waals surface area contributed by atoms with E-state index in [9.17, 15) is 19.7 Å². The number of benzene rings is 2. The predicted molar refractivity (Wildman–Crippen MR) is 129 cm³/mol. The van der Waals surface area contributed by atoms with Gasteiger partial charge in [0.05, 0.1) is 10.4 Å². The van der Waals surface area contributed by atoms with E-state index >= 15 is 0 Å². The third-order valence-corrected chi connectivity index (χ3v) is 5.95. The fourth-order valence-electron chi connectivity index (χ4n) is 4.15. The molecule has 1 saturated carbocycles. The average molecular weight is 463 g/mol. The quantitative estimate of drug-likeness (QED) is 0.237. The van der Waals surface area contributed by atoms with Crippen LogP contribution in [0.5, 0.6) is 0 Å². The summed E-state index contributed by atoms with van der Waals surface area (Å²) in [6.07, 6.45) is 3.02. The molecule has 4 rings (SSSR count). The molecule has 0 spiro atoms. The van der Waals surface area contributed by atoms with Crippen LogP contribution < -0.4 is 15.5 Å². The summed E-state index contributed by atoms with van der Waals surface area (Å²) in [4.78, 5) is 46.3. The Morgan fingerprint density at radius 1 is 0.971 bits per heavy atom. The minimum atomic E-state index is -0.698. The Balaban J connectivity index is 1.33. The van der Waals surface area contributed by atoms with Gasteiger partial charge in [-0.1, -0.05) is 12.1 Å². The zero-order chi connectivity index (χ0) is 24.2. The van der Waals surface area contributed by atoms with E-state index in [-0.39, 0.29) is 23.3 Å². The topological polar surface area (TPSA) is 130 Å². The van der Waals surface area contributed by atoms with E-state index in [1.165, 1.54) is 24.3 Å². The van der Waals surface area contributed by atoms with Crippen molar-refractivity contribution in [1.29, 1.82) is 0 Å². The maximum atomic E-state index is 12.4. The van der Waals surface area contributed by atoms with Gasteiger partial charge in [-0.05, 0) is 49.9 Å². The van der Waals surface area contributed by atoms with E-state index in [0.29, 0.717) is 18.8 Å². The molecule has 3 aromatic rings. The van der Waals surface area contributed by atoms with Crippen LogP contribution >= 0.6 is 0 Å². The molecule has 10 heteroatoms. The number of rotatable bonds is 7. The van der Waals surface area contributed by atoms with Gasteiger partial charge in [0.15, 0.2) is 0 Å². The summed E-state index contributed by atoms with van der Waals surface area (Å²) in [7, 11) is 3.90. The van der Waals surface area contributed by atoms with Gasteiger partial charge in [0, 0.05) is 49.3 Å². The lowest BCUT2D eigenvalue weighted by Crippen LogP contribution is -2.43. The molecule has 1 aliphatic rings. The monoisotopic (exact) mass is 462 g/mol. The van der Waals surface area contributed by atoms with Gasteiger partial charge < -0.3 is 15.5 Å². The first-order valence-electron chi connectivity index (χ1n) is 11.1. The largest absolute Gasteiger partial charge is 0.362 e. The molecule has 2 aromatic carbocycles. The second-order valence-corrected chi connectivity index (χ2v) is 8.58. The molecule has 2 N–H and O–H groups in total. The Kier molecular flexibility index (Phi) is 6.67. The van der Waals surface area contributed by atoms with Gasteiger partial charge in [-0.3, -0.25) is 19.7 Å². The lowest BCUT2D eigenvalue weighted by molar-refractivity contribution is -0.384. The highest BCUT2D eigenvalue weighted by Crippen LogP contribution is 2.26. The third kappa shape index (κ3) is 5.11. The molecule has 0 radical (unpaired) electrons. The van der Waals surface area contributed by atoms with Crippen LogP contribution in [-0.2, 0) is 4.79 Å². The minimum absolute atomic E-state index is 0.109. The molecule has 0 atom stereocenters. The van der Waals surface area contributed by atoms with E-state index in [2.05, 4.69) is 20.6 Å². The van der Waals surface area contributed by atoms with E-state index in [0.717, 1.165) is 29.6 Å². The lowest BCUT2D eigenvalue weighted by atomic mass is 9.91. The molecule has 0 saturated heterocycles. The molecule has 0 unspecified atom stereocenters. The lowest BCUT2D eigenvalue weighted by Gasteiger charge is -2.29. The Hall–Kier alpha value is -4.08. The van der Waals surface area contributed by atoms with Crippen LogP contribution in [-0.4, -0.2) is 52.8 Å². The van der Waals surface area contributed by atoms with Crippen molar-refractivity contribution >= 4 is 40.0 Å². The van der Waals surface area contributed by atoms with Crippen molar-refractivity contribution in [2.24, 2.45) is 0 Å². The number of para-hydroxylation sites is 1. The van der Waals surface area contributed by atoms with Crippen LogP contribution in [0.25, 0.3) is 10.9 Å². The minimum Gasteiger partial charge on any atom is -0.362 e. The van der Waals surface area contributed by atoms with Crippen LogP contribution in [0.3, 0.4) is 0 Å². The van der Waals surface area contributed by atoms with Crippen molar-refractivity contribution < 1.29 is 14.5 Å². The molecule has 1 fully saturated rings. The molecule has 176 valence electrons. The first kappa shape index (κ1) is 23.1. The van der Waals surface area contributed by atoms with Crippen LogP contribution in [0.15, 0.2) is 48.5 Å². The van der Waals surface area contributed by atoms with Gasteiger partial charge in [-0.25, -0.2) is 4.98 Å². The Bertz CT molecular complexity index is 1220. The highest BCUT2D eigenvalue weighted by atomic mass is 16.6. The number of nitro benzene ring substituents is 1. The number of ketones is 1. The zero-order valence-electron chi connectivity index (χ0n) is 19.0. The number of nitrogens with one attached hydrogen (secondary N) is 2. The maximum Gasteiger partial charge on any atom is 0.292 e. The number of anilines is 2. The van der Waals surface area contributed by atoms with E-state index < -0.39 is 16.6 Å². The summed E-state index contributed by atoms with van der Waals surface area (Å²) in [5.41, 5.74) is 0.869. The normalized spacial score (nSPS) is 17.7. The van der Waals surface area contributed by atoms with Gasteiger partial charge >= 0.3 is 0 Å². The van der Waals surface area contributed by atoms with E-state index in [1.54, 1.807) is 0 Å². The summed E-state index contributed by atoms with van der Waals surface area (Å²) in [6, 6.07) is 13.0. The van der Waals surface area contributed by atoms with Crippen molar-refractivity contribution in [2.75, 3.05) is 24.3 Å². The number of carbonyl (C=O) groups excluding carboxylic acids is 2. The molecular formula is C24H26N6O4. The van der Waals surface area contributed by atoms with Gasteiger partial charge in [0.2, 0.25) is 11.7 Å². The highest BCUT2D eigenvalue weighted by Gasteiger charge is 2.26. The summed E-state index contributed by atoms with van der Waals surface area (Å²) < 4.78 is 0. The average Bonchev–Trinajstić information content (AvgIpc) is 2.84. The number of nitrogens with zero attached hydrogens (tertiary/aromatic N) is 4. The second-order valence-electron chi connectivity index (χ2n) is 8.58. The number of amides is 1. The Labute approximate surface area is 196 Å². The number of non-ortho nitro benzene ring substituents is 1. The number of aromatic nitrogens is 2. The molecule has 1 aromatic heterocycles. The number of hydrogen-bond donors (Lipinski definition) is 2. The highest BCUT2D eigenvalue weighted by molar-refractivity contribution is 6.42. The number of carbonyl (C=O) groups is 2. The molecule has 1 heterocycles. The van der Waals surface area contributed by atoms with Gasteiger partial charge in [0.1, 0.15) is 5.82 Å². The standard InChI is InChI=1S/C24H26N6O4/c1-29(2)22-19-5-3-4-6-20(19)27-24(28-22)26-17-11-9-16(10-12-17)25-23(32)21(31)15-7-13-18(14-8-15)30(33)34/h3-8,13-14,16-17H,9-12H2,1-2H3,(H,25,32)(H,26,27,28)/t16-,17+. The summed E-state index contributed by atoms with van der Waals surface area (Å²) in [5, 5.41) is 18.0. The van der Waals surface area contributed by atoms with Crippen molar-refractivity contribution in [3.05, 3.63) is 64.2 Å². The fourth-order valence-corrected chi connectivity index (χ4v) is 4.15. The number of hydrogen-bond acceptors (Lipinski definition) is 8. The second kappa shape index (κ2) is 9.82. The van der Waals surface area contributed by atoms with Crippen LogP contribution in [0.2, 0.25) is 0 Å². The van der Waals surface area contributed by atoms with Gasteiger partial charge in [-0.2, -0.15) is 4.98 Å². The maximum absolute atomic E-state index is 12.4. The van der Waals surface area contributed by atoms with Crippen LogP contribution in [0.4, 0.5) is 17.5 Å². The predicted octanol–water partition coefficient (Wildman–Crippen LogP) is 3.33. The summed E-state index contributed by atoms with van der Waals surface area (Å²) in [5.74, 6) is 0.0247. The van der Waals surface area contributed by atoms with Crippen LogP contribution in [0.1, 0.15) is 36.0 Å².